The molecule has 27 heavy (non-hydrogen) atoms. The van der Waals surface area contributed by atoms with Crippen molar-refractivity contribution in [3.8, 4) is 5.75 Å². The summed E-state index contributed by atoms with van der Waals surface area (Å²) < 4.78 is 6.17. The molecule has 1 aliphatic heterocycles. The lowest BCUT2D eigenvalue weighted by Crippen LogP contribution is -2.28. The molecule has 1 N–H and O–H groups in total. The van der Waals surface area contributed by atoms with Crippen LogP contribution in [0.1, 0.15) is 67.3 Å². The average molecular weight is 380 g/mol. The second-order valence-corrected chi connectivity index (χ2v) is 9.36. The molecular weight excluding hydrogens is 350 g/mol. The summed E-state index contributed by atoms with van der Waals surface area (Å²) in [5.74, 6) is 3.05. The molecule has 1 saturated carbocycles. The molecule has 0 amide bonds. The normalized spacial score (nSPS) is 27.0. The predicted molar refractivity (Wildman–Crippen MR) is 114 cm³/mol. The van der Waals surface area contributed by atoms with Crippen LogP contribution >= 0.6 is 11.3 Å². The van der Waals surface area contributed by atoms with Gasteiger partial charge in [0.1, 0.15) is 5.75 Å². The van der Waals surface area contributed by atoms with Crippen LogP contribution in [-0.4, -0.2) is 6.61 Å². The Labute approximate surface area is 166 Å². The highest BCUT2D eigenvalue weighted by atomic mass is 32.1. The fraction of sp³-hybridized carbons (Fsp3) is 0.500. The minimum absolute atomic E-state index is 0.426. The number of allylic oxidation sites excluding steroid dienone is 2. The molecule has 0 bridgehead atoms. The lowest BCUT2D eigenvalue weighted by Gasteiger charge is -2.37. The standard InChI is InChI=1S/C24H29NOS/c1-2-6-17(7-3-1)13-14-26-18-11-12-22-21(16-18)19-8-4-9-20(19)24(25-22)23-10-5-15-27-23/h4-5,8,10-12,15-17,19-20,24-25H,1-3,6-7,9,13-14H2. The number of fused-ring (bicyclic) bond motifs is 3. The summed E-state index contributed by atoms with van der Waals surface area (Å²) in [5, 5.41) is 6.01. The molecule has 2 aromatic rings. The largest absolute Gasteiger partial charge is 0.494 e. The minimum Gasteiger partial charge on any atom is -0.494 e. The van der Waals surface area contributed by atoms with Gasteiger partial charge in [0, 0.05) is 16.5 Å². The second kappa shape index (κ2) is 7.71. The van der Waals surface area contributed by atoms with Gasteiger partial charge in [-0.1, -0.05) is 50.3 Å². The Kier molecular flexibility index (Phi) is 4.96. The SMILES string of the molecule is C1=CC2c3cc(OCCC4CCCCC4)ccc3NC(c3cccs3)C2C1. The summed E-state index contributed by atoms with van der Waals surface area (Å²) >= 11 is 1.87. The van der Waals surface area contributed by atoms with Gasteiger partial charge >= 0.3 is 0 Å². The van der Waals surface area contributed by atoms with Gasteiger partial charge in [-0.15, -0.1) is 11.3 Å². The number of anilines is 1. The molecule has 3 aliphatic rings. The monoisotopic (exact) mass is 379 g/mol. The molecule has 142 valence electrons. The molecule has 2 aliphatic carbocycles. The van der Waals surface area contributed by atoms with Gasteiger partial charge in [-0.25, -0.2) is 0 Å². The summed E-state index contributed by atoms with van der Waals surface area (Å²) in [7, 11) is 0. The maximum Gasteiger partial charge on any atom is 0.119 e. The van der Waals surface area contributed by atoms with Crippen LogP contribution in [0.15, 0.2) is 47.9 Å². The van der Waals surface area contributed by atoms with E-state index in [2.05, 4.69) is 53.2 Å². The third kappa shape index (κ3) is 3.54. The van der Waals surface area contributed by atoms with E-state index in [1.165, 1.54) is 54.7 Å². The summed E-state index contributed by atoms with van der Waals surface area (Å²) in [6.07, 6.45) is 14.2. The Balaban J connectivity index is 1.30. The third-order valence-corrected chi connectivity index (χ3v) is 7.66. The van der Waals surface area contributed by atoms with Crippen molar-refractivity contribution in [3.63, 3.8) is 0 Å². The number of nitrogens with one attached hydrogen (secondary N) is 1. The van der Waals surface area contributed by atoms with Gasteiger partial charge in [0.05, 0.1) is 12.6 Å². The zero-order valence-corrected chi connectivity index (χ0v) is 16.7. The Hall–Kier alpha value is -1.74. The minimum atomic E-state index is 0.426. The van der Waals surface area contributed by atoms with Gasteiger partial charge in [-0.3, -0.25) is 0 Å². The molecule has 1 aromatic heterocycles. The first kappa shape index (κ1) is 17.4. The van der Waals surface area contributed by atoms with E-state index >= 15 is 0 Å². The Morgan fingerprint density at radius 1 is 1.11 bits per heavy atom. The van der Waals surface area contributed by atoms with Crippen molar-refractivity contribution in [1.29, 1.82) is 0 Å². The Morgan fingerprint density at radius 3 is 2.89 bits per heavy atom. The van der Waals surface area contributed by atoms with Crippen molar-refractivity contribution in [2.45, 2.75) is 56.9 Å². The van der Waals surface area contributed by atoms with Crippen LogP contribution in [0.4, 0.5) is 5.69 Å². The van der Waals surface area contributed by atoms with Gasteiger partial charge in [-0.05, 0) is 59.9 Å². The Morgan fingerprint density at radius 2 is 2.04 bits per heavy atom. The highest BCUT2D eigenvalue weighted by Gasteiger charge is 2.38. The van der Waals surface area contributed by atoms with E-state index in [-0.39, 0.29) is 0 Å². The average Bonchev–Trinajstić information content (AvgIpc) is 3.41. The molecule has 0 radical (unpaired) electrons. The predicted octanol–water partition coefficient (Wildman–Crippen LogP) is 6.92. The van der Waals surface area contributed by atoms with Crippen molar-refractivity contribution in [2.75, 3.05) is 11.9 Å². The van der Waals surface area contributed by atoms with Crippen molar-refractivity contribution in [3.05, 3.63) is 58.3 Å². The molecule has 1 aromatic carbocycles. The summed E-state index contributed by atoms with van der Waals surface area (Å²) in [6, 6.07) is 11.5. The molecular formula is C24H29NOS. The number of ether oxygens (including phenoxy) is 1. The van der Waals surface area contributed by atoms with E-state index < -0.39 is 0 Å². The quantitative estimate of drug-likeness (QED) is 0.569. The van der Waals surface area contributed by atoms with Crippen LogP contribution in [0.25, 0.3) is 0 Å². The van der Waals surface area contributed by atoms with E-state index in [0.29, 0.717) is 17.9 Å². The number of hydrogen-bond donors (Lipinski definition) is 1. The summed E-state index contributed by atoms with van der Waals surface area (Å²) in [5.41, 5.74) is 2.69. The van der Waals surface area contributed by atoms with E-state index in [0.717, 1.165) is 24.7 Å². The molecule has 3 heteroatoms. The van der Waals surface area contributed by atoms with Crippen molar-refractivity contribution >= 4 is 17.0 Å². The molecule has 2 heterocycles. The van der Waals surface area contributed by atoms with Gasteiger partial charge in [0.15, 0.2) is 0 Å². The van der Waals surface area contributed by atoms with Gasteiger partial charge in [-0.2, -0.15) is 0 Å². The van der Waals surface area contributed by atoms with Crippen LogP contribution in [-0.2, 0) is 0 Å². The summed E-state index contributed by atoms with van der Waals surface area (Å²) in [4.78, 5) is 1.45. The number of hydrogen-bond acceptors (Lipinski definition) is 3. The van der Waals surface area contributed by atoms with Crippen LogP contribution in [0.2, 0.25) is 0 Å². The molecule has 3 unspecified atom stereocenters. The lowest BCUT2D eigenvalue weighted by atomic mass is 9.79. The van der Waals surface area contributed by atoms with Crippen molar-refractivity contribution in [2.24, 2.45) is 11.8 Å². The topological polar surface area (TPSA) is 21.3 Å². The molecule has 5 rings (SSSR count). The zero-order valence-electron chi connectivity index (χ0n) is 15.9. The maximum absolute atomic E-state index is 6.17. The van der Waals surface area contributed by atoms with Crippen LogP contribution in [0.5, 0.6) is 5.75 Å². The van der Waals surface area contributed by atoms with E-state index in [1.807, 2.05) is 11.3 Å². The second-order valence-electron chi connectivity index (χ2n) is 8.38. The van der Waals surface area contributed by atoms with Gasteiger partial charge < -0.3 is 10.1 Å². The van der Waals surface area contributed by atoms with E-state index in [1.54, 1.807) is 0 Å². The number of benzene rings is 1. The first-order chi connectivity index (χ1) is 13.4. The fourth-order valence-electron chi connectivity index (χ4n) is 5.23. The smallest absolute Gasteiger partial charge is 0.119 e. The fourth-order valence-corrected chi connectivity index (χ4v) is 6.08. The highest BCUT2D eigenvalue weighted by molar-refractivity contribution is 7.10. The van der Waals surface area contributed by atoms with Crippen LogP contribution in [0.3, 0.4) is 0 Å². The maximum atomic E-state index is 6.17. The molecule has 0 spiro atoms. The van der Waals surface area contributed by atoms with Gasteiger partial charge in [0.25, 0.3) is 0 Å². The van der Waals surface area contributed by atoms with Crippen LogP contribution < -0.4 is 10.1 Å². The zero-order chi connectivity index (χ0) is 18.1. The molecule has 0 saturated heterocycles. The highest BCUT2D eigenvalue weighted by Crippen LogP contribution is 2.51. The number of rotatable bonds is 5. The third-order valence-electron chi connectivity index (χ3n) is 6.70. The van der Waals surface area contributed by atoms with Gasteiger partial charge in [0.2, 0.25) is 0 Å². The molecule has 3 atom stereocenters. The summed E-state index contributed by atoms with van der Waals surface area (Å²) in [6.45, 7) is 0.860. The van der Waals surface area contributed by atoms with Crippen molar-refractivity contribution in [1.82, 2.24) is 0 Å². The first-order valence-corrected chi connectivity index (χ1v) is 11.5. The van der Waals surface area contributed by atoms with Crippen molar-refractivity contribution < 1.29 is 4.74 Å². The van der Waals surface area contributed by atoms with E-state index in [4.69, 9.17) is 4.74 Å². The van der Waals surface area contributed by atoms with Crippen LogP contribution in [0, 0.1) is 11.8 Å². The lowest BCUT2D eigenvalue weighted by molar-refractivity contribution is 0.246. The van der Waals surface area contributed by atoms with E-state index in [9.17, 15) is 0 Å². The Bertz CT molecular complexity index is 791. The molecule has 2 nitrogen and oxygen atoms in total. The number of thiophene rings is 1. The first-order valence-electron chi connectivity index (χ1n) is 10.6. The molecule has 1 fully saturated rings.